The van der Waals surface area contributed by atoms with Crippen molar-refractivity contribution in [2.45, 2.75) is 19.8 Å². The minimum atomic E-state index is -0.365. The molecule has 0 fully saturated rings. The van der Waals surface area contributed by atoms with Crippen LogP contribution in [0.3, 0.4) is 0 Å². The lowest BCUT2D eigenvalue weighted by Gasteiger charge is -2.14. The zero-order valence-corrected chi connectivity index (χ0v) is 17.3. The number of aryl methyl sites for hydroxylation is 2. The van der Waals surface area contributed by atoms with Crippen molar-refractivity contribution in [3.63, 3.8) is 0 Å². The summed E-state index contributed by atoms with van der Waals surface area (Å²) < 4.78 is 0.831. The largest absolute Gasteiger partial charge is 0.288 e. The van der Waals surface area contributed by atoms with Gasteiger partial charge in [-0.1, -0.05) is 34.1 Å². The summed E-state index contributed by atoms with van der Waals surface area (Å²) >= 11 is 4.79. The molecule has 0 saturated heterocycles. The lowest BCUT2D eigenvalue weighted by molar-refractivity contribution is 0.0927. The number of imide groups is 1. The minimum absolute atomic E-state index is 0.125. The van der Waals surface area contributed by atoms with Crippen molar-refractivity contribution in [1.82, 2.24) is 0 Å². The van der Waals surface area contributed by atoms with Gasteiger partial charge in [-0.05, 0) is 55.2 Å². The topological polar surface area (TPSA) is 54.5 Å². The van der Waals surface area contributed by atoms with E-state index in [1.54, 1.807) is 24.3 Å². The SMILES string of the molecule is Cc1sc(N2C(=O)c3ccccc3C2=O)c2c1CCc1ccc(Br)cc1C2=O. The quantitative estimate of drug-likeness (QED) is 0.491. The van der Waals surface area contributed by atoms with Gasteiger partial charge in [0.25, 0.3) is 11.8 Å². The van der Waals surface area contributed by atoms with Crippen molar-refractivity contribution in [2.75, 3.05) is 4.90 Å². The van der Waals surface area contributed by atoms with Crippen molar-refractivity contribution in [2.24, 2.45) is 0 Å². The van der Waals surface area contributed by atoms with Crippen molar-refractivity contribution in [1.29, 1.82) is 0 Å². The highest BCUT2D eigenvalue weighted by Crippen LogP contribution is 2.43. The van der Waals surface area contributed by atoms with Gasteiger partial charge in [0.1, 0.15) is 5.00 Å². The summed E-state index contributed by atoms with van der Waals surface area (Å²) in [7, 11) is 0. The number of amides is 2. The standard InChI is InChI=1S/C22H14BrNO3S/c1-11-14-9-7-12-6-8-13(23)10-17(12)19(25)18(14)22(28-11)24-20(26)15-4-2-3-5-16(15)21(24)27/h2-6,8,10H,7,9H2,1H3. The highest BCUT2D eigenvalue weighted by atomic mass is 79.9. The summed E-state index contributed by atoms with van der Waals surface area (Å²) in [5.41, 5.74) is 3.82. The second-order valence-corrected chi connectivity index (χ2v) is 9.06. The molecule has 0 saturated carbocycles. The summed E-state index contributed by atoms with van der Waals surface area (Å²) in [5.74, 6) is -0.855. The van der Waals surface area contributed by atoms with Crippen LogP contribution in [0.25, 0.3) is 0 Å². The Kier molecular flexibility index (Phi) is 3.89. The Bertz CT molecular complexity index is 1180. The number of fused-ring (bicyclic) bond motifs is 3. The molecule has 4 nitrogen and oxygen atoms in total. The van der Waals surface area contributed by atoms with E-state index in [9.17, 15) is 14.4 Å². The van der Waals surface area contributed by atoms with Crippen LogP contribution in [0.15, 0.2) is 46.9 Å². The Morgan fingerprint density at radius 1 is 0.929 bits per heavy atom. The van der Waals surface area contributed by atoms with Crippen LogP contribution in [0.2, 0.25) is 0 Å². The second-order valence-electron chi connectivity index (χ2n) is 6.94. The van der Waals surface area contributed by atoms with Gasteiger partial charge < -0.3 is 0 Å². The van der Waals surface area contributed by atoms with E-state index in [1.165, 1.54) is 16.2 Å². The number of halogens is 1. The smallest absolute Gasteiger partial charge is 0.266 e. The first-order valence-corrected chi connectivity index (χ1v) is 10.5. The van der Waals surface area contributed by atoms with E-state index in [-0.39, 0.29) is 17.6 Å². The average Bonchev–Trinajstić information content (AvgIpc) is 3.08. The molecular weight excluding hydrogens is 438 g/mol. The molecule has 2 aromatic carbocycles. The van der Waals surface area contributed by atoms with Crippen molar-refractivity contribution >= 4 is 49.9 Å². The zero-order chi connectivity index (χ0) is 19.6. The van der Waals surface area contributed by atoms with Gasteiger partial charge in [0.05, 0.1) is 16.7 Å². The Morgan fingerprint density at radius 3 is 2.29 bits per heavy atom. The Hall–Kier alpha value is -2.57. The number of ketones is 1. The van der Waals surface area contributed by atoms with Crippen molar-refractivity contribution in [3.8, 4) is 0 Å². The molecule has 0 spiro atoms. The maximum Gasteiger partial charge on any atom is 0.266 e. The second kappa shape index (κ2) is 6.22. The highest BCUT2D eigenvalue weighted by Gasteiger charge is 2.41. The first-order valence-electron chi connectivity index (χ1n) is 8.90. The molecule has 1 aliphatic heterocycles. The van der Waals surface area contributed by atoms with Gasteiger partial charge >= 0.3 is 0 Å². The third kappa shape index (κ3) is 2.38. The van der Waals surface area contributed by atoms with Gasteiger partial charge in [-0.15, -0.1) is 11.3 Å². The number of carbonyl (C=O) groups excluding carboxylic acids is 3. The Morgan fingerprint density at radius 2 is 1.61 bits per heavy atom. The van der Waals surface area contributed by atoms with Crippen molar-refractivity contribution in [3.05, 3.63) is 85.2 Å². The summed E-state index contributed by atoms with van der Waals surface area (Å²) in [6.45, 7) is 1.95. The van der Waals surface area contributed by atoms with Gasteiger partial charge in [0.2, 0.25) is 0 Å². The first kappa shape index (κ1) is 17.5. The van der Waals surface area contributed by atoms with Crippen molar-refractivity contribution < 1.29 is 14.4 Å². The molecular formula is C22H14BrNO3S. The van der Waals surface area contributed by atoms with Crippen LogP contribution < -0.4 is 4.90 Å². The Balaban J connectivity index is 1.71. The summed E-state index contributed by atoms with van der Waals surface area (Å²) in [5, 5.41) is 0.441. The number of hydrogen-bond donors (Lipinski definition) is 0. The third-order valence-electron chi connectivity index (χ3n) is 5.38. The molecule has 2 aliphatic rings. The van der Waals surface area contributed by atoms with E-state index in [4.69, 9.17) is 0 Å². The molecule has 6 heteroatoms. The number of benzene rings is 2. The van der Waals surface area contributed by atoms with E-state index < -0.39 is 0 Å². The normalized spacial score (nSPS) is 15.4. The average molecular weight is 452 g/mol. The number of hydrogen-bond acceptors (Lipinski definition) is 4. The number of carbonyl (C=O) groups is 3. The number of nitrogens with zero attached hydrogens (tertiary/aromatic N) is 1. The van der Waals surface area contributed by atoms with Gasteiger partial charge in [0, 0.05) is 14.9 Å². The minimum Gasteiger partial charge on any atom is -0.288 e. The van der Waals surface area contributed by atoms with Gasteiger partial charge in [-0.2, -0.15) is 0 Å². The van der Waals surface area contributed by atoms with Crippen LogP contribution in [-0.4, -0.2) is 17.6 Å². The van der Waals surface area contributed by atoms with E-state index in [2.05, 4.69) is 15.9 Å². The molecule has 2 heterocycles. The molecule has 0 unspecified atom stereocenters. The monoisotopic (exact) mass is 451 g/mol. The number of thiophene rings is 1. The molecule has 0 bridgehead atoms. The lowest BCUT2D eigenvalue weighted by atomic mass is 10.00. The summed E-state index contributed by atoms with van der Waals surface area (Å²) in [4.78, 5) is 41.6. The molecule has 28 heavy (non-hydrogen) atoms. The molecule has 1 aliphatic carbocycles. The van der Waals surface area contributed by atoms with E-state index >= 15 is 0 Å². The van der Waals surface area contributed by atoms with Gasteiger partial charge in [0.15, 0.2) is 5.78 Å². The lowest BCUT2D eigenvalue weighted by Crippen LogP contribution is -2.30. The first-order chi connectivity index (χ1) is 13.5. The highest BCUT2D eigenvalue weighted by molar-refractivity contribution is 9.10. The Labute approximate surface area is 173 Å². The molecule has 138 valence electrons. The van der Waals surface area contributed by atoms with Crippen LogP contribution in [0.1, 0.15) is 52.6 Å². The van der Waals surface area contributed by atoms with E-state index in [1.807, 2.05) is 25.1 Å². The van der Waals surface area contributed by atoms with Crippen LogP contribution in [0.5, 0.6) is 0 Å². The van der Waals surface area contributed by atoms with Crippen LogP contribution in [-0.2, 0) is 12.8 Å². The van der Waals surface area contributed by atoms with E-state index in [0.29, 0.717) is 33.7 Å². The fourth-order valence-electron chi connectivity index (χ4n) is 4.00. The van der Waals surface area contributed by atoms with Crippen LogP contribution in [0.4, 0.5) is 5.00 Å². The molecule has 3 aromatic rings. The summed E-state index contributed by atoms with van der Waals surface area (Å²) in [6, 6.07) is 12.5. The fraction of sp³-hybridized carbons (Fsp3) is 0.136. The number of rotatable bonds is 1. The van der Waals surface area contributed by atoms with E-state index in [0.717, 1.165) is 26.9 Å². The molecule has 2 amide bonds. The predicted molar refractivity (Wildman–Crippen MR) is 112 cm³/mol. The molecule has 1 aromatic heterocycles. The number of anilines is 1. The molecule has 0 radical (unpaired) electrons. The van der Waals surface area contributed by atoms with Gasteiger partial charge in [-0.25, -0.2) is 4.90 Å². The van der Waals surface area contributed by atoms with Crippen LogP contribution in [0, 0.1) is 6.92 Å². The van der Waals surface area contributed by atoms with Gasteiger partial charge in [-0.3, -0.25) is 14.4 Å². The molecule has 0 atom stereocenters. The maximum absolute atomic E-state index is 13.5. The summed E-state index contributed by atoms with van der Waals surface area (Å²) in [6.07, 6.45) is 1.46. The van der Waals surface area contributed by atoms with Crippen LogP contribution >= 0.6 is 27.3 Å². The fourth-order valence-corrected chi connectivity index (χ4v) is 5.55. The maximum atomic E-state index is 13.5. The predicted octanol–water partition coefficient (Wildman–Crippen LogP) is 4.95. The third-order valence-corrected chi connectivity index (χ3v) is 7.00. The zero-order valence-electron chi connectivity index (χ0n) is 14.9. The molecule has 0 N–H and O–H groups in total. The molecule has 5 rings (SSSR count).